The lowest BCUT2D eigenvalue weighted by molar-refractivity contribution is 0.177. The van der Waals surface area contributed by atoms with Crippen LogP contribution in [0, 0.1) is 0 Å². The highest BCUT2D eigenvalue weighted by molar-refractivity contribution is 6.29. The molecule has 1 N–H and O–H groups in total. The molecule has 0 aliphatic heterocycles. The minimum Gasteiger partial charge on any atom is -0.439 e. The molecule has 0 aliphatic carbocycles. The van der Waals surface area contributed by atoms with Crippen molar-refractivity contribution in [1.29, 1.82) is 0 Å². The summed E-state index contributed by atoms with van der Waals surface area (Å²) in [6.45, 7) is 0.315. The van der Waals surface area contributed by atoms with E-state index >= 15 is 0 Å². The molecular formula is C14H15ClN2O3. The molecule has 0 amide bonds. The first kappa shape index (κ1) is 14.7. The number of rotatable bonds is 6. The van der Waals surface area contributed by atoms with E-state index in [0.717, 1.165) is 5.56 Å². The molecule has 0 saturated heterocycles. The normalized spacial score (nSPS) is 10.6. The van der Waals surface area contributed by atoms with E-state index in [0.29, 0.717) is 29.0 Å². The van der Waals surface area contributed by atoms with E-state index in [4.69, 9.17) is 26.2 Å². The van der Waals surface area contributed by atoms with Crippen molar-refractivity contribution in [1.82, 2.24) is 9.97 Å². The molecule has 0 atom stereocenters. The van der Waals surface area contributed by atoms with Crippen LogP contribution in [0.3, 0.4) is 0 Å². The van der Waals surface area contributed by atoms with Crippen LogP contribution < -0.4 is 4.74 Å². The molecular weight excluding hydrogens is 280 g/mol. The van der Waals surface area contributed by atoms with Gasteiger partial charge in [0.15, 0.2) is 5.82 Å². The Labute approximate surface area is 122 Å². The molecule has 0 aliphatic rings. The van der Waals surface area contributed by atoms with E-state index in [1.54, 1.807) is 7.11 Å². The molecule has 1 aromatic carbocycles. The van der Waals surface area contributed by atoms with Crippen LogP contribution in [0.15, 0.2) is 30.3 Å². The van der Waals surface area contributed by atoms with Crippen LogP contribution in [0.25, 0.3) is 0 Å². The van der Waals surface area contributed by atoms with Gasteiger partial charge in [0.05, 0.1) is 0 Å². The molecule has 2 rings (SSSR count). The average Bonchev–Trinajstić information content (AvgIpc) is 2.41. The summed E-state index contributed by atoms with van der Waals surface area (Å²) < 4.78 is 10.7. The maximum absolute atomic E-state index is 9.05. The molecule has 5 nitrogen and oxygen atoms in total. The zero-order valence-corrected chi connectivity index (χ0v) is 11.8. The standard InChI is InChI=1S/C14H15ClN2O3/c1-19-9-13-16-12(15)8-14(17-13)20-11-5-3-2-4-10(11)6-7-18/h2-5,8,18H,6-7,9H2,1H3. The number of halogens is 1. The van der Waals surface area contributed by atoms with Gasteiger partial charge in [-0.3, -0.25) is 0 Å². The number of nitrogens with zero attached hydrogens (tertiary/aromatic N) is 2. The molecule has 0 fully saturated rings. The number of aliphatic hydroxyl groups excluding tert-OH is 1. The molecule has 0 bridgehead atoms. The van der Waals surface area contributed by atoms with Gasteiger partial charge in [-0.15, -0.1) is 0 Å². The van der Waals surface area contributed by atoms with Crippen molar-refractivity contribution in [3.63, 3.8) is 0 Å². The lowest BCUT2D eigenvalue weighted by Crippen LogP contribution is -2.01. The lowest BCUT2D eigenvalue weighted by Gasteiger charge is -2.10. The fourth-order valence-corrected chi connectivity index (χ4v) is 1.92. The zero-order valence-electron chi connectivity index (χ0n) is 11.0. The van der Waals surface area contributed by atoms with Crippen molar-refractivity contribution >= 4 is 11.6 Å². The lowest BCUT2D eigenvalue weighted by atomic mass is 10.1. The Bertz CT molecular complexity index is 578. The van der Waals surface area contributed by atoms with E-state index < -0.39 is 0 Å². The summed E-state index contributed by atoms with van der Waals surface area (Å²) in [7, 11) is 1.56. The highest BCUT2D eigenvalue weighted by Gasteiger charge is 2.08. The maximum Gasteiger partial charge on any atom is 0.224 e. The summed E-state index contributed by atoms with van der Waals surface area (Å²) in [6, 6.07) is 8.99. The Balaban J connectivity index is 2.25. The smallest absolute Gasteiger partial charge is 0.224 e. The van der Waals surface area contributed by atoms with E-state index in [1.165, 1.54) is 6.07 Å². The Morgan fingerprint density at radius 3 is 2.80 bits per heavy atom. The molecule has 0 radical (unpaired) electrons. The first-order valence-corrected chi connectivity index (χ1v) is 6.49. The quantitative estimate of drug-likeness (QED) is 0.830. The van der Waals surface area contributed by atoms with E-state index in [-0.39, 0.29) is 13.2 Å². The van der Waals surface area contributed by atoms with Gasteiger partial charge in [0.25, 0.3) is 0 Å². The first-order valence-electron chi connectivity index (χ1n) is 6.12. The van der Waals surface area contributed by atoms with Crippen molar-refractivity contribution in [2.75, 3.05) is 13.7 Å². The molecule has 0 unspecified atom stereocenters. The van der Waals surface area contributed by atoms with Gasteiger partial charge in [-0.25, -0.2) is 4.98 Å². The third-order valence-electron chi connectivity index (χ3n) is 2.56. The van der Waals surface area contributed by atoms with Gasteiger partial charge >= 0.3 is 0 Å². The number of hydrogen-bond donors (Lipinski definition) is 1. The predicted molar refractivity (Wildman–Crippen MR) is 75.1 cm³/mol. The Hall–Kier alpha value is -1.69. The number of aromatic nitrogens is 2. The molecule has 6 heteroatoms. The van der Waals surface area contributed by atoms with Gasteiger partial charge in [0.2, 0.25) is 5.88 Å². The van der Waals surface area contributed by atoms with Gasteiger partial charge in [-0.05, 0) is 18.1 Å². The molecule has 20 heavy (non-hydrogen) atoms. The topological polar surface area (TPSA) is 64.5 Å². The van der Waals surface area contributed by atoms with E-state index in [1.807, 2.05) is 24.3 Å². The van der Waals surface area contributed by atoms with Crippen molar-refractivity contribution in [3.8, 4) is 11.6 Å². The fraction of sp³-hybridized carbons (Fsp3) is 0.286. The highest BCUT2D eigenvalue weighted by atomic mass is 35.5. The SMILES string of the molecule is COCc1nc(Cl)cc(Oc2ccccc2CCO)n1. The summed E-state index contributed by atoms with van der Waals surface area (Å²) in [4.78, 5) is 8.25. The Morgan fingerprint density at radius 1 is 1.25 bits per heavy atom. The second-order valence-electron chi connectivity index (χ2n) is 4.06. The number of ether oxygens (including phenoxy) is 2. The second kappa shape index (κ2) is 7.19. The maximum atomic E-state index is 9.05. The number of methoxy groups -OCH3 is 1. The summed E-state index contributed by atoms with van der Waals surface area (Å²) in [6.07, 6.45) is 0.514. The van der Waals surface area contributed by atoms with Crippen LogP contribution in [0.4, 0.5) is 0 Å². The predicted octanol–water partition coefficient (Wildman–Crippen LogP) is 2.60. The average molecular weight is 295 g/mol. The third kappa shape index (κ3) is 3.90. The van der Waals surface area contributed by atoms with E-state index in [9.17, 15) is 0 Å². The van der Waals surface area contributed by atoms with Crippen LogP contribution in [-0.4, -0.2) is 28.8 Å². The fourth-order valence-electron chi connectivity index (χ4n) is 1.73. The summed E-state index contributed by atoms with van der Waals surface area (Å²) in [5.74, 6) is 1.44. The molecule has 106 valence electrons. The Morgan fingerprint density at radius 2 is 2.05 bits per heavy atom. The van der Waals surface area contributed by atoms with Crippen molar-refractivity contribution in [2.24, 2.45) is 0 Å². The van der Waals surface area contributed by atoms with E-state index in [2.05, 4.69) is 9.97 Å². The Kier molecular flexibility index (Phi) is 5.29. The van der Waals surface area contributed by atoms with Crippen LogP contribution in [0.1, 0.15) is 11.4 Å². The summed E-state index contributed by atoms with van der Waals surface area (Å²) >= 11 is 5.93. The van der Waals surface area contributed by atoms with Crippen molar-refractivity contribution in [2.45, 2.75) is 13.0 Å². The van der Waals surface area contributed by atoms with Gasteiger partial charge in [-0.1, -0.05) is 29.8 Å². The third-order valence-corrected chi connectivity index (χ3v) is 2.75. The van der Waals surface area contributed by atoms with Crippen LogP contribution in [0.2, 0.25) is 5.15 Å². The monoisotopic (exact) mass is 294 g/mol. The zero-order chi connectivity index (χ0) is 14.4. The number of aliphatic hydroxyl groups is 1. The molecule has 1 aromatic heterocycles. The van der Waals surface area contributed by atoms with Crippen LogP contribution >= 0.6 is 11.6 Å². The second-order valence-corrected chi connectivity index (χ2v) is 4.45. The van der Waals surface area contributed by atoms with Gasteiger partial charge in [0.1, 0.15) is 17.5 Å². The number of hydrogen-bond acceptors (Lipinski definition) is 5. The van der Waals surface area contributed by atoms with Gasteiger partial charge in [-0.2, -0.15) is 4.98 Å². The number of benzene rings is 1. The highest BCUT2D eigenvalue weighted by Crippen LogP contribution is 2.25. The molecule has 1 heterocycles. The first-order chi connectivity index (χ1) is 9.72. The largest absolute Gasteiger partial charge is 0.439 e. The van der Waals surface area contributed by atoms with Crippen LogP contribution in [0.5, 0.6) is 11.6 Å². The minimum absolute atomic E-state index is 0.0554. The summed E-state index contributed by atoms with van der Waals surface area (Å²) in [5.41, 5.74) is 0.901. The van der Waals surface area contributed by atoms with Gasteiger partial charge < -0.3 is 14.6 Å². The summed E-state index contributed by atoms with van der Waals surface area (Å²) in [5, 5.41) is 9.34. The number of para-hydroxylation sites is 1. The van der Waals surface area contributed by atoms with Crippen LogP contribution in [-0.2, 0) is 17.8 Å². The molecule has 2 aromatic rings. The van der Waals surface area contributed by atoms with Crippen molar-refractivity contribution in [3.05, 3.63) is 46.9 Å². The van der Waals surface area contributed by atoms with Crippen molar-refractivity contribution < 1.29 is 14.6 Å². The minimum atomic E-state index is 0.0554. The molecule has 0 spiro atoms. The van der Waals surface area contributed by atoms with Gasteiger partial charge in [0, 0.05) is 19.8 Å². The molecule has 0 saturated carbocycles.